The standard InChI is InChI=1S/C23H29BrN2/c1-22-14-23(2,16-25(15-22)12-19-7-4-3-5-8-19)18-26(17-22)13-20-9-6-10-21(24)11-20/h3-11H,12-18H2,1-2H3/p+2/t22-,23-/m1/s1. The SMILES string of the molecule is C[C@@]12C[NH+](Cc3ccccc3)C[C@](C)(C[NH+](Cc3cccc(Br)c3)C1)C2. The average molecular weight is 415 g/mol. The van der Waals surface area contributed by atoms with Gasteiger partial charge in [0.05, 0.1) is 37.0 Å². The van der Waals surface area contributed by atoms with Crippen LogP contribution in [0.4, 0.5) is 0 Å². The van der Waals surface area contributed by atoms with Crippen LogP contribution in [0.3, 0.4) is 0 Å². The molecule has 0 saturated carbocycles. The van der Waals surface area contributed by atoms with Gasteiger partial charge in [0.2, 0.25) is 0 Å². The minimum atomic E-state index is 0.455. The van der Waals surface area contributed by atoms with Gasteiger partial charge in [0.15, 0.2) is 0 Å². The van der Waals surface area contributed by atoms with Gasteiger partial charge in [-0.05, 0) is 32.4 Å². The van der Waals surface area contributed by atoms with Gasteiger partial charge in [-0.2, -0.15) is 0 Å². The number of rotatable bonds is 4. The summed E-state index contributed by atoms with van der Waals surface area (Å²) in [6.45, 7) is 12.6. The third kappa shape index (κ3) is 4.21. The zero-order valence-electron chi connectivity index (χ0n) is 16.0. The summed E-state index contributed by atoms with van der Waals surface area (Å²) in [5, 5.41) is 0. The summed E-state index contributed by atoms with van der Waals surface area (Å²) in [5.74, 6) is 0. The Morgan fingerprint density at radius 1 is 0.769 bits per heavy atom. The molecule has 0 aliphatic carbocycles. The summed E-state index contributed by atoms with van der Waals surface area (Å²) in [4.78, 5) is 3.53. The molecule has 2 saturated heterocycles. The molecule has 2 nitrogen and oxygen atoms in total. The van der Waals surface area contributed by atoms with Gasteiger partial charge in [0.25, 0.3) is 0 Å². The third-order valence-corrected chi connectivity index (χ3v) is 6.69. The zero-order chi connectivity index (χ0) is 18.2. The number of hydrogen-bond acceptors (Lipinski definition) is 0. The van der Waals surface area contributed by atoms with Gasteiger partial charge in [-0.25, -0.2) is 0 Å². The molecule has 2 bridgehead atoms. The number of likely N-dealkylation sites (tertiary alicyclic amines) is 2. The van der Waals surface area contributed by atoms with Crippen molar-refractivity contribution in [2.75, 3.05) is 26.2 Å². The van der Waals surface area contributed by atoms with E-state index in [-0.39, 0.29) is 0 Å². The molecule has 4 rings (SSSR count). The van der Waals surface area contributed by atoms with Crippen LogP contribution in [0.15, 0.2) is 59.1 Å². The van der Waals surface area contributed by atoms with Crippen molar-refractivity contribution in [3.05, 3.63) is 70.2 Å². The van der Waals surface area contributed by atoms with E-state index in [0.29, 0.717) is 10.8 Å². The van der Waals surface area contributed by atoms with E-state index in [4.69, 9.17) is 0 Å². The Hall–Kier alpha value is -1.16. The van der Waals surface area contributed by atoms with E-state index < -0.39 is 0 Å². The maximum atomic E-state index is 3.62. The highest BCUT2D eigenvalue weighted by Gasteiger charge is 2.53. The van der Waals surface area contributed by atoms with Gasteiger partial charge in [-0.3, -0.25) is 0 Å². The van der Waals surface area contributed by atoms with Crippen molar-refractivity contribution in [1.82, 2.24) is 0 Å². The molecule has 0 radical (unpaired) electrons. The lowest BCUT2D eigenvalue weighted by Gasteiger charge is -2.52. The molecular formula is C23H31BrN2+2. The molecule has 26 heavy (non-hydrogen) atoms. The number of nitrogens with one attached hydrogen (secondary N) is 2. The van der Waals surface area contributed by atoms with Crippen molar-refractivity contribution >= 4 is 15.9 Å². The second kappa shape index (κ2) is 7.10. The second-order valence-electron chi connectivity index (χ2n) is 9.47. The Morgan fingerprint density at radius 2 is 1.31 bits per heavy atom. The van der Waals surface area contributed by atoms with E-state index in [2.05, 4.69) is 84.4 Å². The quantitative estimate of drug-likeness (QED) is 0.759. The first-order chi connectivity index (χ1) is 12.4. The smallest absolute Gasteiger partial charge is 0.103 e. The largest absolute Gasteiger partial charge is 0.330 e. The van der Waals surface area contributed by atoms with Crippen LogP contribution in [0.25, 0.3) is 0 Å². The summed E-state index contributed by atoms with van der Waals surface area (Å²) in [7, 11) is 0. The van der Waals surface area contributed by atoms with Gasteiger partial charge < -0.3 is 9.80 Å². The van der Waals surface area contributed by atoms with E-state index in [1.165, 1.54) is 54.7 Å². The van der Waals surface area contributed by atoms with Crippen LogP contribution >= 0.6 is 15.9 Å². The molecule has 0 aromatic heterocycles. The van der Waals surface area contributed by atoms with E-state index in [0.717, 1.165) is 6.54 Å². The van der Waals surface area contributed by atoms with Crippen molar-refractivity contribution < 1.29 is 9.80 Å². The molecule has 2 N–H and O–H groups in total. The Balaban J connectivity index is 1.47. The lowest BCUT2D eigenvalue weighted by atomic mass is 9.65. The lowest BCUT2D eigenvalue weighted by Crippen LogP contribution is -3.22. The van der Waals surface area contributed by atoms with Crippen LogP contribution in [0.5, 0.6) is 0 Å². The predicted octanol–water partition coefficient (Wildman–Crippen LogP) is 2.35. The zero-order valence-corrected chi connectivity index (χ0v) is 17.6. The monoisotopic (exact) mass is 414 g/mol. The van der Waals surface area contributed by atoms with E-state index in [1.807, 2.05) is 0 Å². The normalized spacial score (nSPS) is 33.8. The molecule has 2 aromatic rings. The minimum Gasteiger partial charge on any atom is -0.330 e. The lowest BCUT2D eigenvalue weighted by molar-refractivity contribution is -0.985. The number of piperidine rings is 2. The van der Waals surface area contributed by atoms with Crippen LogP contribution in [0, 0.1) is 10.8 Å². The summed E-state index contributed by atoms with van der Waals surface area (Å²) in [6.07, 6.45) is 1.39. The van der Waals surface area contributed by atoms with Gasteiger partial charge in [-0.15, -0.1) is 0 Å². The highest BCUT2D eigenvalue weighted by Crippen LogP contribution is 2.36. The van der Waals surface area contributed by atoms with Gasteiger partial charge in [0, 0.05) is 15.6 Å². The Bertz CT molecular complexity index is 742. The Kier molecular flexibility index (Phi) is 4.98. The van der Waals surface area contributed by atoms with Crippen LogP contribution in [-0.4, -0.2) is 26.2 Å². The predicted molar refractivity (Wildman–Crippen MR) is 110 cm³/mol. The fraction of sp³-hybridized carbons (Fsp3) is 0.478. The third-order valence-electron chi connectivity index (χ3n) is 6.20. The first kappa shape index (κ1) is 18.2. The number of hydrogen-bond donors (Lipinski definition) is 2. The maximum Gasteiger partial charge on any atom is 0.103 e. The molecule has 138 valence electrons. The van der Waals surface area contributed by atoms with Crippen molar-refractivity contribution in [3.8, 4) is 0 Å². The van der Waals surface area contributed by atoms with E-state index in [9.17, 15) is 0 Å². The Morgan fingerprint density at radius 3 is 1.88 bits per heavy atom. The minimum absolute atomic E-state index is 0.455. The number of halogens is 1. The number of fused-ring (bicyclic) bond motifs is 2. The fourth-order valence-electron chi connectivity index (χ4n) is 6.01. The topological polar surface area (TPSA) is 8.88 Å². The summed E-state index contributed by atoms with van der Waals surface area (Å²) < 4.78 is 1.20. The summed E-state index contributed by atoms with van der Waals surface area (Å²) in [5.41, 5.74) is 3.84. The van der Waals surface area contributed by atoms with E-state index in [1.54, 1.807) is 9.80 Å². The molecular weight excluding hydrogens is 384 g/mol. The molecule has 2 aliphatic heterocycles. The summed E-state index contributed by atoms with van der Waals surface area (Å²) >= 11 is 3.62. The molecule has 0 amide bonds. The van der Waals surface area contributed by atoms with Gasteiger partial charge in [0.1, 0.15) is 13.1 Å². The fourth-order valence-corrected chi connectivity index (χ4v) is 6.46. The van der Waals surface area contributed by atoms with Gasteiger partial charge >= 0.3 is 0 Å². The molecule has 2 heterocycles. The number of quaternary nitrogens is 2. The molecule has 0 spiro atoms. The Labute approximate surface area is 166 Å². The highest BCUT2D eigenvalue weighted by atomic mass is 79.9. The molecule has 2 fully saturated rings. The van der Waals surface area contributed by atoms with Crippen LogP contribution in [0.2, 0.25) is 0 Å². The van der Waals surface area contributed by atoms with E-state index >= 15 is 0 Å². The average Bonchev–Trinajstić information content (AvgIpc) is 2.53. The maximum absolute atomic E-state index is 3.62. The van der Waals surface area contributed by atoms with Crippen molar-refractivity contribution in [2.24, 2.45) is 10.8 Å². The number of benzene rings is 2. The molecule has 2 aliphatic rings. The summed E-state index contributed by atoms with van der Waals surface area (Å²) in [6, 6.07) is 19.9. The van der Waals surface area contributed by atoms with Gasteiger partial charge in [-0.1, -0.05) is 58.4 Å². The van der Waals surface area contributed by atoms with Crippen molar-refractivity contribution in [2.45, 2.75) is 33.4 Å². The molecule has 2 aromatic carbocycles. The highest BCUT2D eigenvalue weighted by molar-refractivity contribution is 9.10. The van der Waals surface area contributed by atoms with Crippen molar-refractivity contribution in [1.29, 1.82) is 0 Å². The first-order valence-corrected chi connectivity index (χ1v) is 10.7. The first-order valence-electron chi connectivity index (χ1n) is 9.87. The van der Waals surface area contributed by atoms with Crippen LogP contribution in [-0.2, 0) is 13.1 Å². The van der Waals surface area contributed by atoms with Crippen LogP contribution < -0.4 is 9.80 Å². The van der Waals surface area contributed by atoms with Crippen molar-refractivity contribution in [3.63, 3.8) is 0 Å². The molecule has 0 unspecified atom stereocenters. The molecule has 2 atom stereocenters. The molecule has 3 heteroatoms. The second-order valence-corrected chi connectivity index (χ2v) is 10.4. The van der Waals surface area contributed by atoms with Crippen LogP contribution in [0.1, 0.15) is 31.4 Å².